The van der Waals surface area contributed by atoms with E-state index in [0.29, 0.717) is 12.4 Å². The maximum absolute atomic E-state index is 12.4. The summed E-state index contributed by atoms with van der Waals surface area (Å²) < 4.78 is 35.6. The highest BCUT2D eigenvalue weighted by Crippen LogP contribution is 2.27. The van der Waals surface area contributed by atoms with Crippen molar-refractivity contribution in [1.82, 2.24) is 0 Å². The molecule has 0 N–H and O–H groups in total. The standard InChI is InChI=1S/C19H15ClO4S/c20-18-11-4-5-12-19(18)25(21,22)24-17-10-6-9-16(13-17)23-14-15-7-2-1-3-8-15/h1-13H,14H2. The maximum atomic E-state index is 12.4. The first-order valence-corrected chi connectivity index (χ1v) is 9.29. The summed E-state index contributed by atoms with van der Waals surface area (Å²) in [4.78, 5) is -0.0766. The van der Waals surface area contributed by atoms with Crippen LogP contribution in [0.3, 0.4) is 0 Å². The Balaban J connectivity index is 1.74. The van der Waals surface area contributed by atoms with E-state index in [1.165, 1.54) is 18.2 Å². The molecule has 0 aliphatic heterocycles. The van der Waals surface area contributed by atoms with Crippen molar-refractivity contribution in [1.29, 1.82) is 0 Å². The molecule has 4 nitrogen and oxygen atoms in total. The SMILES string of the molecule is O=S(=O)(Oc1cccc(OCc2ccccc2)c1)c1ccccc1Cl. The first-order chi connectivity index (χ1) is 12.0. The van der Waals surface area contributed by atoms with Crippen molar-refractivity contribution in [2.75, 3.05) is 0 Å². The first-order valence-electron chi connectivity index (χ1n) is 7.50. The normalized spacial score (nSPS) is 11.1. The Labute approximate surface area is 151 Å². The van der Waals surface area contributed by atoms with Gasteiger partial charge in [-0.25, -0.2) is 0 Å². The second-order valence-corrected chi connectivity index (χ2v) is 7.14. The van der Waals surface area contributed by atoms with Crippen molar-refractivity contribution in [3.05, 3.63) is 89.4 Å². The molecule has 3 aromatic rings. The zero-order valence-electron chi connectivity index (χ0n) is 13.1. The smallest absolute Gasteiger partial charge is 0.340 e. The summed E-state index contributed by atoms with van der Waals surface area (Å²) in [6.07, 6.45) is 0. The van der Waals surface area contributed by atoms with Crippen molar-refractivity contribution < 1.29 is 17.3 Å². The van der Waals surface area contributed by atoms with Crippen molar-refractivity contribution in [2.24, 2.45) is 0 Å². The minimum atomic E-state index is -4.02. The Morgan fingerprint density at radius 2 is 1.48 bits per heavy atom. The predicted octanol–water partition coefficient (Wildman–Crippen LogP) is 4.69. The van der Waals surface area contributed by atoms with Gasteiger partial charge in [0.1, 0.15) is 23.0 Å². The molecule has 0 radical (unpaired) electrons. The van der Waals surface area contributed by atoms with Gasteiger partial charge < -0.3 is 8.92 Å². The van der Waals surface area contributed by atoms with Gasteiger partial charge in [-0.15, -0.1) is 0 Å². The molecular formula is C19H15ClO4S. The van der Waals surface area contributed by atoms with Crippen LogP contribution in [0.5, 0.6) is 11.5 Å². The molecule has 0 saturated carbocycles. The number of ether oxygens (including phenoxy) is 1. The van der Waals surface area contributed by atoms with E-state index in [0.717, 1.165) is 5.56 Å². The van der Waals surface area contributed by atoms with E-state index in [1.54, 1.807) is 30.3 Å². The van der Waals surface area contributed by atoms with Crippen LogP contribution in [0.1, 0.15) is 5.56 Å². The second kappa shape index (κ2) is 7.59. The lowest BCUT2D eigenvalue weighted by Gasteiger charge is -2.10. The molecule has 3 aromatic carbocycles. The molecule has 0 atom stereocenters. The van der Waals surface area contributed by atoms with Crippen molar-refractivity contribution in [2.45, 2.75) is 11.5 Å². The molecule has 0 amide bonds. The predicted molar refractivity (Wildman–Crippen MR) is 96.5 cm³/mol. The van der Waals surface area contributed by atoms with Crippen LogP contribution in [0.4, 0.5) is 0 Å². The van der Waals surface area contributed by atoms with Crippen LogP contribution in [0.15, 0.2) is 83.8 Å². The van der Waals surface area contributed by atoms with E-state index < -0.39 is 10.1 Å². The van der Waals surface area contributed by atoms with E-state index in [-0.39, 0.29) is 15.7 Å². The summed E-state index contributed by atoms with van der Waals surface area (Å²) in [5.74, 6) is 0.668. The Morgan fingerprint density at radius 3 is 2.24 bits per heavy atom. The highest BCUT2D eigenvalue weighted by Gasteiger charge is 2.20. The van der Waals surface area contributed by atoms with E-state index in [2.05, 4.69) is 0 Å². The van der Waals surface area contributed by atoms with Crippen molar-refractivity contribution in [3.8, 4) is 11.5 Å². The lowest BCUT2D eigenvalue weighted by molar-refractivity contribution is 0.305. The van der Waals surface area contributed by atoms with Gasteiger partial charge in [0.05, 0.1) is 5.02 Å². The average Bonchev–Trinajstić information content (AvgIpc) is 2.61. The van der Waals surface area contributed by atoms with Crippen LogP contribution < -0.4 is 8.92 Å². The summed E-state index contributed by atoms with van der Waals surface area (Å²) in [6.45, 7) is 0.377. The maximum Gasteiger partial charge on any atom is 0.340 e. The fraction of sp³-hybridized carbons (Fsp3) is 0.0526. The van der Waals surface area contributed by atoms with Gasteiger partial charge in [-0.3, -0.25) is 0 Å². The molecule has 0 spiro atoms. The number of hydrogen-bond acceptors (Lipinski definition) is 4. The molecule has 128 valence electrons. The van der Waals surface area contributed by atoms with E-state index in [1.807, 2.05) is 30.3 Å². The lowest BCUT2D eigenvalue weighted by Crippen LogP contribution is -2.10. The molecule has 0 unspecified atom stereocenters. The van der Waals surface area contributed by atoms with E-state index >= 15 is 0 Å². The van der Waals surface area contributed by atoms with Crippen LogP contribution in [-0.4, -0.2) is 8.42 Å². The molecule has 0 aliphatic carbocycles. The van der Waals surface area contributed by atoms with Gasteiger partial charge in [0.2, 0.25) is 0 Å². The molecular weight excluding hydrogens is 360 g/mol. The third-order valence-corrected chi connectivity index (χ3v) is 5.11. The third kappa shape index (κ3) is 4.53. The summed E-state index contributed by atoms with van der Waals surface area (Å²) in [6, 6.07) is 22.3. The minimum Gasteiger partial charge on any atom is -0.489 e. The largest absolute Gasteiger partial charge is 0.489 e. The summed E-state index contributed by atoms with van der Waals surface area (Å²) in [7, 11) is -4.02. The number of benzene rings is 3. The van der Waals surface area contributed by atoms with Gasteiger partial charge >= 0.3 is 10.1 Å². The van der Waals surface area contributed by atoms with Crippen LogP contribution in [0, 0.1) is 0 Å². The molecule has 0 aliphatic rings. The Kier molecular flexibility index (Phi) is 5.26. The fourth-order valence-electron chi connectivity index (χ4n) is 2.18. The fourth-order valence-corrected chi connectivity index (χ4v) is 3.59. The van der Waals surface area contributed by atoms with Crippen molar-refractivity contribution in [3.63, 3.8) is 0 Å². The zero-order chi connectivity index (χ0) is 17.7. The number of hydrogen-bond donors (Lipinski definition) is 0. The van der Waals surface area contributed by atoms with Crippen LogP contribution >= 0.6 is 11.6 Å². The highest BCUT2D eigenvalue weighted by molar-refractivity contribution is 7.87. The highest BCUT2D eigenvalue weighted by atomic mass is 35.5. The Bertz CT molecular complexity index is 956. The van der Waals surface area contributed by atoms with Crippen LogP contribution in [0.25, 0.3) is 0 Å². The topological polar surface area (TPSA) is 52.6 Å². The molecule has 0 aromatic heterocycles. The molecule has 25 heavy (non-hydrogen) atoms. The van der Waals surface area contributed by atoms with Gasteiger partial charge in [0, 0.05) is 6.07 Å². The number of rotatable bonds is 6. The molecule has 6 heteroatoms. The summed E-state index contributed by atoms with van der Waals surface area (Å²) >= 11 is 5.94. The molecule has 3 rings (SSSR count). The van der Waals surface area contributed by atoms with E-state index in [4.69, 9.17) is 20.5 Å². The van der Waals surface area contributed by atoms with Gasteiger partial charge in [0.15, 0.2) is 0 Å². The minimum absolute atomic E-state index is 0.0766. The molecule has 0 bridgehead atoms. The molecule has 0 heterocycles. The second-order valence-electron chi connectivity index (χ2n) is 5.22. The number of halogens is 1. The van der Waals surface area contributed by atoms with E-state index in [9.17, 15) is 8.42 Å². The van der Waals surface area contributed by atoms with Crippen molar-refractivity contribution >= 4 is 21.7 Å². The lowest BCUT2D eigenvalue weighted by atomic mass is 10.2. The van der Waals surface area contributed by atoms with Crippen LogP contribution in [-0.2, 0) is 16.7 Å². The Morgan fingerprint density at radius 1 is 0.800 bits per heavy atom. The summed E-state index contributed by atoms with van der Waals surface area (Å²) in [5.41, 5.74) is 1.01. The average molecular weight is 375 g/mol. The zero-order valence-corrected chi connectivity index (χ0v) is 14.7. The molecule has 0 fully saturated rings. The Hall–Kier alpha value is -2.50. The monoisotopic (exact) mass is 374 g/mol. The van der Waals surface area contributed by atoms with Gasteiger partial charge in [-0.1, -0.05) is 60.1 Å². The van der Waals surface area contributed by atoms with Gasteiger partial charge in [-0.05, 0) is 29.8 Å². The van der Waals surface area contributed by atoms with Crippen LogP contribution in [0.2, 0.25) is 5.02 Å². The van der Waals surface area contributed by atoms with Gasteiger partial charge in [0.25, 0.3) is 0 Å². The molecule has 0 saturated heterocycles. The third-order valence-electron chi connectivity index (χ3n) is 3.37. The summed E-state index contributed by atoms with van der Waals surface area (Å²) in [5, 5.41) is 0.110. The quantitative estimate of drug-likeness (QED) is 0.587. The first kappa shape index (κ1) is 17.3. The van der Waals surface area contributed by atoms with Gasteiger partial charge in [-0.2, -0.15) is 8.42 Å².